The summed E-state index contributed by atoms with van der Waals surface area (Å²) in [7, 11) is 0. The lowest BCUT2D eigenvalue weighted by atomic mass is 10.7. The predicted octanol–water partition coefficient (Wildman–Crippen LogP) is -0.0919. The van der Waals surface area contributed by atoms with Crippen molar-refractivity contribution in [2.24, 2.45) is 0 Å². The molecule has 2 heteroatoms. The van der Waals surface area contributed by atoms with E-state index in [4.69, 9.17) is 0 Å². The van der Waals surface area contributed by atoms with Crippen LogP contribution in [0.4, 0.5) is 0 Å². The first-order valence-corrected chi connectivity index (χ1v) is 2.33. The van der Waals surface area contributed by atoms with Crippen LogP contribution in [0.15, 0.2) is 12.3 Å². The molecule has 0 aliphatic rings. The van der Waals surface area contributed by atoms with Crippen LogP contribution in [-0.4, -0.2) is 4.68 Å². The quantitative estimate of drug-likeness (QED) is 0.477. The summed E-state index contributed by atoms with van der Waals surface area (Å²) in [5.41, 5.74) is 0. The maximum Gasteiger partial charge on any atom is 0.351 e. The molecule has 0 atom stereocenters. The van der Waals surface area contributed by atoms with Gasteiger partial charge in [-0.15, -0.1) is 0 Å². The van der Waals surface area contributed by atoms with Crippen molar-refractivity contribution in [3.63, 3.8) is 0 Å². The fourth-order valence-corrected chi connectivity index (χ4v) is 0.436. The second-order valence-corrected chi connectivity index (χ2v) is 1.30. The van der Waals surface area contributed by atoms with Gasteiger partial charge in [-0.05, 0) is 11.6 Å². The Kier molecular flexibility index (Phi) is 0.991. The molecule has 2 nitrogen and oxygen atoms in total. The molecule has 0 amide bonds. The molecule has 0 aromatic carbocycles. The van der Waals surface area contributed by atoms with Crippen molar-refractivity contribution in [2.75, 3.05) is 0 Å². The Morgan fingerprint density at radius 3 is 3.00 bits per heavy atom. The molecule has 1 aromatic rings. The van der Waals surface area contributed by atoms with Crippen molar-refractivity contribution in [1.29, 1.82) is 0 Å². The average Bonchev–Trinajstić information content (AvgIpc) is 2.14. The molecule has 0 radical (unpaired) electrons. The number of aryl methyl sites for hydroxylation is 1. The molecule has 0 saturated heterocycles. The van der Waals surface area contributed by atoms with Gasteiger partial charge in [0.2, 0.25) is 0 Å². The highest BCUT2D eigenvalue weighted by Gasteiger charge is 1.88. The Morgan fingerprint density at radius 1 is 1.86 bits per heavy atom. The second kappa shape index (κ2) is 1.65. The largest absolute Gasteiger partial charge is 0.351 e. The van der Waals surface area contributed by atoms with Crippen LogP contribution in [0.2, 0.25) is 0 Å². The standard InChI is InChI=1S/C5H7N2/c1-2-7-5-3-4-6-7/h3,5H,2H2,1H3/q+1. The van der Waals surface area contributed by atoms with E-state index in [0.717, 1.165) is 6.54 Å². The first kappa shape index (κ1) is 4.20. The first-order valence-electron chi connectivity index (χ1n) is 2.33. The maximum absolute atomic E-state index is 3.83. The summed E-state index contributed by atoms with van der Waals surface area (Å²) >= 11 is 0. The van der Waals surface area contributed by atoms with Crippen molar-refractivity contribution in [2.45, 2.75) is 13.5 Å². The van der Waals surface area contributed by atoms with Crippen LogP contribution >= 0.6 is 0 Å². The van der Waals surface area contributed by atoms with E-state index in [2.05, 4.69) is 11.3 Å². The summed E-state index contributed by atoms with van der Waals surface area (Å²) in [5, 5.41) is 3.83. The normalized spacial score (nSPS) is 8.14. The summed E-state index contributed by atoms with van der Waals surface area (Å²) in [4.78, 5) is 0. The predicted molar refractivity (Wildman–Crippen MR) is 24.5 cm³/mol. The van der Waals surface area contributed by atoms with Gasteiger partial charge in [0.1, 0.15) is 0 Å². The molecule has 36 valence electrons. The summed E-state index contributed by atoms with van der Waals surface area (Å²) in [6.07, 6.45) is 4.58. The smallest absolute Gasteiger partial charge is 0.0431 e. The number of hydrogen-bond acceptors (Lipinski definition) is 0. The Morgan fingerprint density at radius 2 is 2.71 bits per heavy atom. The van der Waals surface area contributed by atoms with Gasteiger partial charge >= 0.3 is 6.20 Å². The lowest BCUT2D eigenvalue weighted by molar-refractivity contribution is -0.417. The highest BCUT2D eigenvalue weighted by Crippen LogP contribution is 1.70. The van der Waals surface area contributed by atoms with Crippen LogP contribution in [0.5, 0.6) is 0 Å². The summed E-state index contributed by atoms with van der Waals surface area (Å²) in [6, 6.07) is 1.80. The molecule has 0 saturated carbocycles. The van der Waals surface area contributed by atoms with Crippen molar-refractivity contribution in [3.05, 3.63) is 18.5 Å². The van der Waals surface area contributed by atoms with E-state index in [1.807, 2.05) is 17.8 Å². The van der Waals surface area contributed by atoms with Gasteiger partial charge in [0, 0.05) is 0 Å². The third-order valence-electron chi connectivity index (χ3n) is 0.831. The van der Waals surface area contributed by atoms with Gasteiger partial charge in [-0.3, -0.25) is 0 Å². The van der Waals surface area contributed by atoms with E-state index in [0.29, 0.717) is 0 Å². The van der Waals surface area contributed by atoms with Gasteiger partial charge < -0.3 is 0 Å². The van der Waals surface area contributed by atoms with Gasteiger partial charge in [0.25, 0.3) is 0 Å². The summed E-state index contributed by atoms with van der Waals surface area (Å²) in [5.74, 6) is 0. The molecule has 1 aromatic heterocycles. The topological polar surface area (TPSA) is 19.0 Å². The Bertz CT molecular complexity index is 121. The van der Waals surface area contributed by atoms with Crippen molar-refractivity contribution in [1.82, 2.24) is 4.68 Å². The van der Waals surface area contributed by atoms with Gasteiger partial charge in [0.15, 0.2) is 0 Å². The fraction of sp³-hybridized carbons (Fsp3) is 0.400. The van der Waals surface area contributed by atoms with Crippen LogP contribution in [0.25, 0.3) is 0 Å². The molecular formula is C5H7N2+. The van der Waals surface area contributed by atoms with Crippen LogP contribution < -0.4 is 5.10 Å². The minimum atomic E-state index is 0.934. The zero-order chi connectivity index (χ0) is 5.11. The zero-order valence-electron chi connectivity index (χ0n) is 4.26. The van der Waals surface area contributed by atoms with E-state index in [9.17, 15) is 0 Å². The molecule has 7 heavy (non-hydrogen) atoms. The van der Waals surface area contributed by atoms with Gasteiger partial charge in [-0.2, -0.15) is 0 Å². The first-order chi connectivity index (χ1) is 3.43. The lowest BCUT2D eigenvalue weighted by Crippen LogP contribution is -2.08. The summed E-state index contributed by atoms with van der Waals surface area (Å²) in [6.45, 7) is 2.98. The van der Waals surface area contributed by atoms with Gasteiger partial charge in [-0.1, -0.05) is 0 Å². The number of rotatable bonds is 1. The third-order valence-corrected chi connectivity index (χ3v) is 0.831. The molecule has 0 spiro atoms. The molecule has 1 rings (SSSR count). The van der Waals surface area contributed by atoms with E-state index in [1.165, 1.54) is 0 Å². The molecule has 0 fully saturated rings. The number of aromatic nitrogens is 2. The van der Waals surface area contributed by atoms with Crippen LogP contribution in [-0.2, 0) is 6.54 Å². The molecule has 0 bridgehead atoms. The Hall–Kier alpha value is -0.970. The van der Waals surface area contributed by atoms with Crippen LogP contribution in [0.1, 0.15) is 6.92 Å². The number of nitrogens with zero attached hydrogens (tertiary/aromatic N) is 2. The van der Waals surface area contributed by atoms with Crippen molar-refractivity contribution >= 4 is 0 Å². The van der Waals surface area contributed by atoms with Crippen molar-refractivity contribution in [3.8, 4) is 0 Å². The SMILES string of the molecule is CCn1ccc#[n+]1. The molecule has 1 heterocycles. The highest BCUT2D eigenvalue weighted by molar-refractivity contribution is 4.65. The maximum atomic E-state index is 3.83. The lowest BCUT2D eigenvalue weighted by Gasteiger charge is -1.71. The molecular weight excluding hydrogens is 88.1 g/mol. The second-order valence-electron chi connectivity index (χ2n) is 1.30. The highest BCUT2D eigenvalue weighted by atomic mass is 15.2. The Balaban J connectivity index is 2.76. The third kappa shape index (κ3) is 0.716. The monoisotopic (exact) mass is 95.1 g/mol. The summed E-state index contributed by atoms with van der Waals surface area (Å²) < 4.78 is 1.82. The molecule has 0 N–H and O–H groups in total. The Labute approximate surface area is 42.8 Å². The van der Waals surface area contributed by atoms with E-state index in [-0.39, 0.29) is 0 Å². The van der Waals surface area contributed by atoms with Crippen LogP contribution in [0.3, 0.4) is 0 Å². The zero-order valence-corrected chi connectivity index (χ0v) is 4.26. The van der Waals surface area contributed by atoms with E-state index >= 15 is 0 Å². The van der Waals surface area contributed by atoms with E-state index in [1.54, 1.807) is 6.07 Å². The van der Waals surface area contributed by atoms with Crippen LogP contribution in [0, 0.1) is 6.20 Å². The minimum Gasteiger partial charge on any atom is -0.0431 e. The minimum absolute atomic E-state index is 0.934. The number of hydrogen-bond donors (Lipinski definition) is 0. The van der Waals surface area contributed by atoms with Crippen molar-refractivity contribution < 1.29 is 5.10 Å². The van der Waals surface area contributed by atoms with Gasteiger partial charge in [-0.25, -0.2) is 0 Å². The fourth-order valence-electron chi connectivity index (χ4n) is 0.436. The average molecular weight is 95.1 g/mol. The van der Waals surface area contributed by atoms with Gasteiger partial charge in [0.05, 0.1) is 23.9 Å². The molecule has 0 unspecified atom stereocenters. The molecule has 0 aliphatic heterocycles. The van der Waals surface area contributed by atoms with E-state index < -0.39 is 0 Å². The molecule has 0 aliphatic carbocycles.